The molecule has 0 saturated carbocycles. The van der Waals surface area contributed by atoms with E-state index in [1.807, 2.05) is 0 Å². The molecule has 0 saturated heterocycles. The second-order valence-corrected chi connectivity index (χ2v) is 8.21. The summed E-state index contributed by atoms with van der Waals surface area (Å²) in [7, 11) is 0. The smallest absolute Gasteiger partial charge is 0.255 e. The molecule has 0 radical (unpaired) electrons. The molecule has 3 nitrogen and oxygen atoms in total. The predicted molar refractivity (Wildman–Crippen MR) is 113 cm³/mol. The van der Waals surface area contributed by atoms with Gasteiger partial charge in [-0.25, -0.2) is 4.99 Å². The minimum absolute atomic E-state index is 0.527. The Balaban J connectivity index is 1.64. The average molecular weight is 406 g/mol. The van der Waals surface area contributed by atoms with Crippen LogP contribution in [0.3, 0.4) is 0 Å². The lowest BCUT2D eigenvalue weighted by Gasteiger charge is -2.16. The molecule has 0 aliphatic carbocycles. The summed E-state index contributed by atoms with van der Waals surface area (Å²) < 4.78 is 24.7. The highest BCUT2D eigenvalue weighted by molar-refractivity contribution is 8.14. The third kappa shape index (κ3) is 5.56. The Bertz CT molecular complexity index is 818. The van der Waals surface area contributed by atoms with E-state index in [9.17, 15) is 8.78 Å². The number of benzene rings is 2. The molecule has 1 aliphatic rings. The summed E-state index contributed by atoms with van der Waals surface area (Å²) >= 11 is 2.10. The van der Waals surface area contributed by atoms with Crippen molar-refractivity contribution in [1.29, 1.82) is 0 Å². The Morgan fingerprint density at radius 1 is 1.15 bits per heavy atom. The van der Waals surface area contributed by atoms with E-state index in [1.54, 1.807) is 36.0 Å². The normalized spacial score (nSPS) is 16.9. The second kappa shape index (κ2) is 9.37. The fourth-order valence-corrected chi connectivity index (χ4v) is 3.86. The lowest BCUT2D eigenvalue weighted by atomic mass is 9.97. The molecule has 0 spiro atoms. The summed E-state index contributed by atoms with van der Waals surface area (Å²) in [4.78, 5) is 5.01. The van der Waals surface area contributed by atoms with Crippen LogP contribution < -0.4 is 5.43 Å². The van der Waals surface area contributed by atoms with Gasteiger partial charge in [0.15, 0.2) is 5.17 Å². The van der Waals surface area contributed by atoms with Gasteiger partial charge in [0, 0.05) is 10.6 Å². The van der Waals surface area contributed by atoms with Gasteiger partial charge in [0.2, 0.25) is 0 Å². The highest BCUT2D eigenvalue weighted by Gasteiger charge is 2.14. The van der Waals surface area contributed by atoms with Crippen molar-refractivity contribution in [2.24, 2.45) is 10.1 Å². The topological polar surface area (TPSA) is 36.8 Å². The van der Waals surface area contributed by atoms with Crippen molar-refractivity contribution in [2.45, 2.75) is 36.8 Å². The Morgan fingerprint density at radius 2 is 1.85 bits per heavy atom. The zero-order valence-electron chi connectivity index (χ0n) is 15.2. The highest BCUT2D eigenvalue weighted by atomic mass is 32.2. The van der Waals surface area contributed by atoms with Crippen molar-refractivity contribution in [3.8, 4) is 0 Å². The lowest BCUT2D eigenvalue weighted by Crippen LogP contribution is -2.25. The van der Waals surface area contributed by atoms with E-state index < -0.39 is 5.76 Å². The van der Waals surface area contributed by atoms with E-state index in [-0.39, 0.29) is 0 Å². The van der Waals surface area contributed by atoms with E-state index in [1.165, 1.54) is 5.56 Å². The summed E-state index contributed by atoms with van der Waals surface area (Å²) in [5, 5.41) is 5.14. The lowest BCUT2D eigenvalue weighted by molar-refractivity contribution is 0.252. The van der Waals surface area contributed by atoms with Gasteiger partial charge in [-0.1, -0.05) is 61.6 Å². The minimum Gasteiger partial charge on any atom is -0.255 e. The molecule has 1 aliphatic heterocycles. The highest BCUT2D eigenvalue weighted by Crippen LogP contribution is 2.27. The molecule has 1 unspecified atom stereocenters. The van der Waals surface area contributed by atoms with Crippen LogP contribution in [0.25, 0.3) is 0 Å². The molecule has 27 heavy (non-hydrogen) atoms. The summed E-state index contributed by atoms with van der Waals surface area (Å²) in [6.07, 6.45) is 1.12. The van der Waals surface area contributed by atoms with Crippen LogP contribution in [0.5, 0.6) is 0 Å². The number of hydrazone groups is 1. The minimum atomic E-state index is -2.41. The molecule has 2 aromatic carbocycles. The summed E-state index contributed by atoms with van der Waals surface area (Å²) in [5.74, 6) is -1.12. The van der Waals surface area contributed by atoms with Crippen LogP contribution in [0.4, 0.5) is 14.5 Å². The van der Waals surface area contributed by atoms with Gasteiger partial charge < -0.3 is 0 Å². The van der Waals surface area contributed by atoms with Crippen LogP contribution in [-0.2, 0) is 0 Å². The van der Waals surface area contributed by atoms with Gasteiger partial charge in [0.05, 0.1) is 11.4 Å². The van der Waals surface area contributed by atoms with Crippen LogP contribution in [-0.4, -0.2) is 22.4 Å². The quantitative estimate of drug-likeness (QED) is 0.578. The molecule has 3 rings (SSSR count). The Kier molecular flexibility index (Phi) is 6.90. The predicted octanol–water partition coefficient (Wildman–Crippen LogP) is 6.24. The molecule has 2 aromatic rings. The monoisotopic (exact) mass is 405 g/mol. The van der Waals surface area contributed by atoms with E-state index in [0.717, 1.165) is 23.4 Å². The number of nitrogens with one attached hydrogen (secondary N) is 1. The van der Waals surface area contributed by atoms with E-state index in [2.05, 4.69) is 53.6 Å². The molecule has 7 heteroatoms. The van der Waals surface area contributed by atoms with Gasteiger partial charge in [0.1, 0.15) is 0 Å². The molecule has 0 amide bonds. The first-order valence-electron chi connectivity index (χ1n) is 8.74. The standard InChI is InChI=1S/C20H21F2N3S2/c1-3-13(2)14-4-6-15(7-5-14)18-12-26-20(25-24-18)23-16-8-10-17(11-9-16)27-19(21)22/h4-11,13,19H,3,12H2,1-2H3,(H,23,25). The van der Waals surface area contributed by atoms with Crippen molar-refractivity contribution < 1.29 is 8.78 Å². The first-order valence-corrected chi connectivity index (χ1v) is 10.6. The molecule has 0 aromatic heterocycles. The molecular weight excluding hydrogens is 384 g/mol. The summed E-state index contributed by atoms with van der Waals surface area (Å²) in [5.41, 5.74) is 7.13. The maximum absolute atomic E-state index is 12.4. The molecule has 1 N–H and O–H groups in total. The van der Waals surface area contributed by atoms with Crippen molar-refractivity contribution >= 4 is 40.1 Å². The third-order valence-electron chi connectivity index (χ3n) is 4.35. The molecule has 0 bridgehead atoms. The van der Waals surface area contributed by atoms with E-state index >= 15 is 0 Å². The molecule has 142 valence electrons. The van der Waals surface area contributed by atoms with Crippen LogP contribution in [0.15, 0.2) is 63.5 Å². The zero-order valence-corrected chi connectivity index (χ0v) is 16.8. The number of amidine groups is 1. The number of hydrogen-bond donors (Lipinski definition) is 1. The number of aliphatic imine (C=N–C) groups is 1. The Hall–Kier alpha value is -1.86. The van der Waals surface area contributed by atoms with Gasteiger partial charge >= 0.3 is 0 Å². The molecule has 0 fully saturated rings. The van der Waals surface area contributed by atoms with Crippen LogP contribution in [0, 0.1) is 0 Å². The van der Waals surface area contributed by atoms with Gasteiger partial charge in [-0.2, -0.15) is 13.9 Å². The second-order valence-electron chi connectivity index (χ2n) is 6.18. The van der Waals surface area contributed by atoms with Gasteiger partial charge in [-0.05, 0) is 47.7 Å². The van der Waals surface area contributed by atoms with Gasteiger partial charge in [-0.3, -0.25) is 5.43 Å². The van der Waals surface area contributed by atoms with Crippen molar-refractivity contribution in [3.63, 3.8) is 0 Å². The summed E-state index contributed by atoms with van der Waals surface area (Å²) in [6, 6.07) is 15.3. The van der Waals surface area contributed by atoms with Crippen molar-refractivity contribution in [2.75, 3.05) is 5.75 Å². The maximum Gasteiger partial charge on any atom is 0.288 e. The number of rotatable bonds is 6. The van der Waals surface area contributed by atoms with Crippen molar-refractivity contribution in [3.05, 3.63) is 59.7 Å². The molecule has 1 atom stereocenters. The largest absolute Gasteiger partial charge is 0.288 e. The Labute approximate surface area is 166 Å². The summed E-state index contributed by atoms with van der Waals surface area (Å²) in [6.45, 7) is 4.42. The number of halogens is 2. The molecule has 1 heterocycles. The fraction of sp³-hybridized carbons (Fsp3) is 0.300. The number of nitrogens with zero attached hydrogens (tertiary/aromatic N) is 2. The van der Waals surface area contributed by atoms with Crippen molar-refractivity contribution in [1.82, 2.24) is 5.43 Å². The first kappa shape index (κ1) is 19.9. The average Bonchev–Trinajstić information content (AvgIpc) is 2.69. The van der Waals surface area contributed by atoms with Gasteiger partial charge in [0.25, 0.3) is 5.76 Å². The fourth-order valence-electron chi connectivity index (χ4n) is 2.58. The van der Waals surface area contributed by atoms with Gasteiger partial charge in [-0.15, -0.1) is 0 Å². The zero-order chi connectivity index (χ0) is 19.2. The van der Waals surface area contributed by atoms with E-state index in [4.69, 9.17) is 0 Å². The van der Waals surface area contributed by atoms with Crippen LogP contribution >= 0.6 is 23.5 Å². The molecular formula is C20H21F2N3S2. The Morgan fingerprint density at radius 3 is 2.41 bits per heavy atom. The SMILES string of the molecule is CCC(C)c1ccc(C2=NNC(=Nc3ccc(SC(F)F)cc3)SC2)cc1. The van der Waals surface area contributed by atoms with Crippen LogP contribution in [0.2, 0.25) is 0 Å². The first-order chi connectivity index (χ1) is 13.0. The maximum atomic E-state index is 12.4. The number of hydrogen-bond acceptors (Lipinski definition) is 4. The van der Waals surface area contributed by atoms with E-state index in [0.29, 0.717) is 33.4 Å². The van der Waals surface area contributed by atoms with Crippen LogP contribution in [0.1, 0.15) is 37.3 Å². The third-order valence-corrected chi connectivity index (χ3v) is 5.95. The number of alkyl halides is 2. The number of thioether (sulfide) groups is 2.